The van der Waals surface area contributed by atoms with Crippen molar-refractivity contribution in [2.75, 3.05) is 6.61 Å². The number of pyridine rings is 1. The third-order valence-electron chi connectivity index (χ3n) is 5.52. The first kappa shape index (κ1) is 20.4. The number of carbonyl (C=O) groups is 1. The highest BCUT2D eigenvalue weighted by atomic mass is 16.8. The summed E-state index contributed by atoms with van der Waals surface area (Å²) < 4.78 is 7.37. The fraction of sp³-hybridized carbons (Fsp3) is 0.240. The number of hydrogen-bond acceptors (Lipinski definition) is 5. The third-order valence-corrected chi connectivity index (χ3v) is 5.52. The Balaban J connectivity index is 1.51. The smallest absolute Gasteiger partial charge is 0.275 e. The molecule has 1 unspecified atom stereocenters. The Kier molecular flexibility index (Phi) is 5.91. The molecule has 1 saturated heterocycles. The maximum absolute atomic E-state index is 13.1. The highest BCUT2D eigenvalue weighted by Crippen LogP contribution is 2.25. The van der Waals surface area contributed by atoms with Crippen LogP contribution >= 0.6 is 0 Å². The number of nitrogens with one attached hydrogen (secondary N) is 1. The summed E-state index contributed by atoms with van der Waals surface area (Å²) in [6.45, 7) is 1.20. The van der Waals surface area contributed by atoms with Gasteiger partial charge in [-0.2, -0.15) is 5.10 Å². The lowest BCUT2D eigenvalue weighted by molar-refractivity contribution is -0.186. The standard InChI is InChI=1S/C25H24N4O3/c30-25(28-32-23-13-7-8-14-31-23)20-15-22(19-11-5-2-6-12-19)27-24-21(20)16-26-29(24)17-18-9-3-1-4-10-18/h1-6,9-12,15-16,23H,7-8,13-14,17H2,(H,28,30). The minimum Gasteiger partial charge on any atom is -0.350 e. The Labute approximate surface area is 185 Å². The minimum atomic E-state index is -0.417. The summed E-state index contributed by atoms with van der Waals surface area (Å²) in [5, 5.41) is 5.20. The number of rotatable bonds is 6. The molecular weight excluding hydrogens is 404 g/mol. The number of ether oxygens (including phenoxy) is 1. The van der Waals surface area contributed by atoms with E-state index in [-0.39, 0.29) is 5.91 Å². The molecule has 1 aliphatic heterocycles. The average molecular weight is 428 g/mol. The second-order valence-electron chi connectivity index (χ2n) is 7.79. The Morgan fingerprint density at radius 1 is 1.09 bits per heavy atom. The van der Waals surface area contributed by atoms with Crippen molar-refractivity contribution in [1.82, 2.24) is 20.2 Å². The summed E-state index contributed by atoms with van der Waals surface area (Å²) in [6, 6.07) is 21.6. The molecule has 4 aromatic rings. The van der Waals surface area contributed by atoms with Crippen molar-refractivity contribution >= 4 is 16.9 Å². The third kappa shape index (κ3) is 4.39. The van der Waals surface area contributed by atoms with Crippen molar-refractivity contribution in [3.63, 3.8) is 0 Å². The van der Waals surface area contributed by atoms with Gasteiger partial charge in [0.25, 0.3) is 5.91 Å². The van der Waals surface area contributed by atoms with Crippen LogP contribution in [0.2, 0.25) is 0 Å². The number of amides is 1. The molecule has 2 aromatic heterocycles. The number of nitrogens with zero attached hydrogens (tertiary/aromatic N) is 3. The molecule has 5 rings (SSSR count). The Morgan fingerprint density at radius 2 is 1.88 bits per heavy atom. The second kappa shape index (κ2) is 9.30. The topological polar surface area (TPSA) is 78.3 Å². The molecule has 1 fully saturated rings. The number of hydroxylamine groups is 1. The van der Waals surface area contributed by atoms with E-state index < -0.39 is 6.29 Å². The first-order valence-electron chi connectivity index (χ1n) is 10.8. The lowest BCUT2D eigenvalue weighted by Gasteiger charge is -2.22. The molecule has 3 heterocycles. The summed E-state index contributed by atoms with van der Waals surface area (Å²) in [4.78, 5) is 23.5. The van der Waals surface area contributed by atoms with Crippen LogP contribution in [-0.2, 0) is 16.1 Å². The molecule has 0 radical (unpaired) electrons. The number of carbonyl (C=O) groups excluding carboxylic acids is 1. The fourth-order valence-electron chi connectivity index (χ4n) is 3.84. The SMILES string of the molecule is O=C(NOC1CCCCO1)c1cc(-c2ccccc2)nc2c1cnn2Cc1ccccc1. The first-order chi connectivity index (χ1) is 15.8. The zero-order valence-corrected chi connectivity index (χ0v) is 17.6. The van der Waals surface area contributed by atoms with Gasteiger partial charge in [0.2, 0.25) is 0 Å². The van der Waals surface area contributed by atoms with Gasteiger partial charge in [0.1, 0.15) is 0 Å². The summed E-state index contributed by atoms with van der Waals surface area (Å²) in [5.41, 5.74) is 6.41. The van der Waals surface area contributed by atoms with E-state index >= 15 is 0 Å². The van der Waals surface area contributed by atoms with Crippen molar-refractivity contribution in [2.45, 2.75) is 32.1 Å². The fourth-order valence-corrected chi connectivity index (χ4v) is 3.84. The summed E-state index contributed by atoms with van der Waals surface area (Å²) in [5.74, 6) is -0.344. The van der Waals surface area contributed by atoms with Crippen molar-refractivity contribution in [1.29, 1.82) is 0 Å². The molecule has 32 heavy (non-hydrogen) atoms. The van der Waals surface area contributed by atoms with Gasteiger partial charge in [-0.1, -0.05) is 60.7 Å². The van der Waals surface area contributed by atoms with Crippen LogP contribution in [-0.4, -0.2) is 33.6 Å². The van der Waals surface area contributed by atoms with E-state index in [0.29, 0.717) is 35.4 Å². The van der Waals surface area contributed by atoms with E-state index in [4.69, 9.17) is 14.6 Å². The molecule has 1 N–H and O–H groups in total. The van der Waals surface area contributed by atoms with Gasteiger partial charge in [0, 0.05) is 18.6 Å². The van der Waals surface area contributed by atoms with Crippen molar-refractivity contribution < 1.29 is 14.4 Å². The molecule has 1 aliphatic rings. The van der Waals surface area contributed by atoms with Gasteiger partial charge in [-0.3, -0.25) is 4.79 Å². The van der Waals surface area contributed by atoms with Gasteiger partial charge in [-0.25, -0.2) is 20.0 Å². The van der Waals surface area contributed by atoms with Crippen LogP contribution in [0.15, 0.2) is 72.9 Å². The van der Waals surface area contributed by atoms with E-state index in [1.54, 1.807) is 12.3 Å². The van der Waals surface area contributed by atoms with Gasteiger partial charge < -0.3 is 4.74 Å². The molecule has 162 valence electrons. The van der Waals surface area contributed by atoms with Gasteiger partial charge in [0.15, 0.2) is 11.9 Å². The highest BCUT2D eigenvalue weighted by molar-refractivity contribution is 6.06. The van der Waals surface area contributed by atoms with Gasteiger partial charge in [0.05, 0.1) is 29.4 Å². The quantitative estimate of drug-likeness (QED) is 0.463. The van der Waals surface area contributed by atoms with Crippen LogP contribution < -0.4 is 5.48 Å². The zero-order valence-electron chi connectivity index (χ0n) is 17.6. The maximum Gasteiger partial charge on any atom is 0.275 e. The van der Waals surface area contributed by atoms with Crippen LogP contribution in [0.5, 0.6) is 0 Å². The first-order valence-corrected chi connectivity index (χ1v) is 10.8. The van der Waals surface area contributed by atoms with Crippen LogP contribution in [0, 0.1) is 0 Å². The molecule has 0 bridgehead atoms. The molecule has 0 spiro atoms. The van der Waals surface area contributed by atoms with E-state index in [0.717, 1.165) is 30.4 Å². The number of aromatic nitrogens is 3. The molecule has 0 aliphatic carbocycles. The molecular formula is C25H24N4O3. The van der Waals surface area contributed by atoms with Crippen LogP contribution in [0.1, 0.15) is 35.2 Å². The van der Waals surface area contributed by atoms with E-state index in [1.165, 1.54) is 0 Å². The summed E-state index contributed by atoms with van der Waals surface area (Å²) in [7, 11) is 0. The lowest BCUT2D eigenvalue weighted by Crippen LogP contribution is -2.33. The molecule has 7 heteroatoms. The van der Waals surface area contributed by atoms with Crippen molar-refractivity contribution in [3.05, 3.63) is 84.1 Å². The highest BCUT2D eigenvalue weighted by Gasteiger charge is 2.20. The van der Waals surface area contributed by atoms with Crippen molar-refractivity contribution in [3.8, 4) is 11.3 Å². The average Bonchev–Trinajstić information content (AvgIpc) is 3.26. The van der Waals surface area contributed by atoms with Gasteiger partial charge in [-0.15, -0.1) is 0 Å². The molecule has 2 aromatic carbocycles. The summed E-state index contributed by atoms with van der Waals surface area (Å²) in [6.07, 6.45) is 4.06. The molecule has 1 amide bonds. The largest absolute Gasteiger partial charge is 0.350 e. The van der Waals surface area contributed by atoms with E-state index in [1.807, 2.05) is 65.3 Å². The van der Waals surface area contributed by atoms with E-state index in [9.17, 15) is 4.79 Å². The molecule has 0 saturated carbocycles. The predicted molar refractivity (Wildman–Crippen MR) is 121 cm³/mol. The number of fused-ring (bicyclic) bond motifs is 1. The number of hydrogen-bond donors (Lipinski definition) is 1. The molecule has 1 atom stereocenters. The lowest BCUT2D eigenvalue weighted by atomic mass is 10.1. The monoisotopic (exact) mass is 428 g/mol. The Bertz CT molecular complexity index is 1200. The molecule has 7 nitrogen and oxygen atoms in total. The Morgan fingerprint density at radius 3 is 2.62 bits per heavy atom. The normalized spacial score (nSPS) is 16.2. The Hall–Kier alpha value is -3.55. The van der Waals surface area contributed by atoms with Crippen molar-refractivity contribution in [2.24, 2.45) is 0 Å². The predicted octanol–water partition coefficient (Wildman–Crippen LogP) is 4.33. The van der Waals surface area contributed by atoms with Crippen LogP contribution in [0.4, 0.5) is 0 Å². The summed E-state index contributed by atoms with van der Waals surface area (Å²) >= 11 is 0. The zero-order chi connectivity index (χ0) is 21.8. The van der Waals surface area contributed by atoms with Gasteiger partial charge in [-0.05, 0) is 24.5 Å². The van der Waals surface area contributed by atoms with Crippen LogP contribution in [0.3, 0.4) is 0 Å². The number of benzene rings is 2. The minimum absolute atomic E-state index is 0.344. The second-order valence-corrected chi connectivity index (χ2v) is 7.79. The van der Waals surface area contributed by atoms with Crippen LogP contribution in [0.25, 0.3) is 22.3 Å². The van der Waals surface area contributed by atoms with E-state index in [2.05, 4.69) is 10.6 Å². The maximum atomic E-state index is 13.1. The van der Waals surface area contributed by atoms with Gasteiger partial charge >= 0.3 is 0 Å².